The van der Waals surface area contributed by atoms with Gasteiger partial charge in [-0.15, -0.1) is 0 Å². The highest BCUT2D eigenvalue weighted by molar-refractivity contribution is 5.78. The minimum absolute atomic E-state index is 0.0166. The van der Waals surface area contributed by atoms with Gasteiger partial charge in [0.25, 0.3) is 0 Å². The van der Waals surface area contributed by atoms with Crippen molar-refractivity contribution in [1.29, 1.82) is 0 Å². The number of aliphatic carboxylic acids is 1. The van der Waals surface area contributed by atoms with Gasteiger partial charge in [0.1, 0.15) is 0 Å². The second-order valence-corrected chi connectivity index (χ2v) is 6.61. The Hall–Kier alpha value is -2.04. The van der Waals surface area contributed by atoms with Crippen molar-refractivity contribution >= 4 is 17.6 Å². The van der Waals surface area contributed by atoms with E-state index in [1.54, 1.807) is 0 Å². The van der Waals surface area contributed by atoms with Gasteiger partial charge in [-0.05, 0) is 17.5 Å². The molecule has 0 aliphatic carbocycles. The lowest BCUT2D eigenvalue weighted by Crippen LogP contribution is -2.49. The van der Waals surface area contributed by atoms with Crippen LogP contribution in [-0.4, -0.2) is 48.1 Å². The number of carbonyl (C=O) groups is 2. The van der Waals surface area contributed by atoms with Gasteiger partial charge in [-0.1, -0.05) is 32.0 Å². The molecular weight excluding hydrogens is 280 g/mol. The molecule has 0 saturated carbocycles. The first-order chi connectivity index (χ1) is 10.4. The van der Waals surface area contributed by atoms with Gasteiger partial charge < -0.3 is 14.9 Å². The molecule has 1 aromatic rings. The minimum Gasteiger partial charge on any atom is -0.481 e. The highest BCUT2D eigenvalue weighted by Crippen LogP contribution is 2.26. The fraction of sp³-hybridized carbons (Fsp3) is 0.529. The molecule has 1 amide bonds. The third kappa shape index (κ3) is 4.48. The summed E-state index contributed by atoms with van der Waals surface area (Å²) in [5.74, 6) is -0.800. The number of amides is 1. The monoisotopic (exact) mass is 304 g/mol. The Bertz CT molecular complexity index is 520. The summed E-state index contributed by atoms with van der Waals surface area (Å²) in [5.41, 5.74) is 0.681. The predicted octanol–water partition coefficient (Wildman–Crippen LogP) is 2.23. The molecule has 5 nitrogen and oxygen atoms in total. The molecule has 0 atom stereocenters. The number of carboxylic acid groups (broad SMARTS) is 1. The molecule has 0 unspecified atom stereocenters. The van der Waals surface area contributed by atoms with Crippen LogP contribution < -0.4 is 4.90 Å². The second kappa shape index (κ2) is 6.81. The SMILES string of the molecule is CC(C)(CC(=O)O)CC(=O)N1CCN(c2ccccc2)CC1. The van der Waals surface area contributed by atoms with Gasteiger partial charge in [-0.25, -0.2) is 0 Å². The maximum absolute atomic E-state index is 12.4. The smallest absolute Gasteiger partial charge is 0.303 e. The number of para-hydroxylation sites is 1. The molecule has 0 aromatic heterocycles. The molecule has 1 aliphatic heterocycles. The molecule has 2 rings (SSSR count). The zero-order valence-corrected chi connectivity index (χ0v) is 13.3. The van der Waals surface area contributed by atoms with Crippen LogP contribution in [0.5, 0.6) is 0 Å². The van der Waals surface area contributed by atoms with Crippen molar-refractivity contribution in [2.75, 3.05) is 31.1 Å². The minimum atomic E-state index is -0.855. The van der Waals surface area contributed by atoms with E-state index < -0.39 is 11.4 Å². The van der Waals surface area contributed by atoms with Crippen LogP contribution in [0.2, 0.25) is 0 Å². The fourth-order valence-corrected chi connectivity index (χ4v) is 2.85. The van der Waals surface area contributed by atoms with Gasteiger partial charge in [-0.2, -0.15) is 0 Å². The summed E-state index contributed by atoms with van der Waals surface area (Å²) < 4.78 is 0. The van der Waals surface area contributed by atoms with Crippen LogP contribution in [-0.2, 0) is 9.59 Å². The zero-order valence-electron chi connectivity index (χ0n) is 13.3. The van der Waals surface area contributed by atoms with E-state index in [0.717, 1.165) is 13.1 Å². The summed E-state index contributed by atoms with van der Waals surface area (Å²) in [7, 11) is 0. The molecule has 120 valence electrons. The van der Waals surface area contributed by atoms with Gasteiger partial charge in [0.2, 0.25) is 5.91 Å². The van der Waals surface area contributed by atoms with Crippen molar-refractivity contribution in [3.8, 4) is 0 Å². The molecule has 1 heterocycles. The highest BCUT2D eigenvalue weighted by atomic mass is 16.4. The number of hydrogen-bond donors (Lipinski definition) is 1. The van der Waals surface area contributed by atoms with E-state index in [4.69, 9.17) is 5.11 Å². The lowest BCUT2D eigenvalue weighted by molar-refractivity contribution is -0.140. The predicted molar refractivity (Wildman–Crippen MR) is 85.9 cm³/mol. The number of nitrogens with zero attached hydrogens (tertiary/aromatic N) is 2. The van der Waals surface area contributed by atoms with Crippen LogP contribution in [0.1, 0.15) is 26.7 Å². The Balaban J connectivity index is 1.86. The summed E-state index contributed by atoms with van der Waals surface area (Å²) in [5, 5.41) is 8.90. The van der Waals surface area contributed by atoms with Crippen molar-refractivity contribution in [3.05, 3.63) is 30.3 Å². The first kappa shape index (κ1) is 16.3. The second-order valence-electron chi connectivity index (χ2n) is 6.61. The molecule has 0 spiro atoms. The quantitative estimate of drug-likeness (QED) is 0.906. The van der Waals surface area contributed by atoms with Crippen LogP contribution in [0.15, 0.2) is 30.3 Å². The largest absolute Gasteiger partial charge is 0.481 e. The van der Waals surface area contributed by atoms with Crippen LogP contribution in [0.3, 0.4) is 0 Å². The Labute approximate surface area is 131 Å². The number of carboxylic acids is 1. The molecule has 22 heavy (non-hydrogen) atoms. The van der Waals surface area contributed by atoms with E-state index in [1.165, 1.54) is 5.69 Å². The summed E-state index contributed by atoms with van der Waals surface area (Å²) in [6.45, 7) is 6.68. The summed E-state index contributed by atoms with van der Waals surface area (Å²) >= 11 is 0. The van der Waals surface area contributed by atoms with E-state index in [9.17, 15) is 9.59 Å². The zero-order chi connectivity index (χ0) is 16.2. The third-order valence-corrected chi connectivity index (χ3v) is 4.01. The Kier molecular flexibility index (Phi) is 5.06. The molecule has 1 N–H and O–H groups in total. The van der Waals surface area contributed by atoms with Crippen molar-refractivity contribution in [1.82, 2.24) is 4.90 Å². The molecule has 5 heteroatoms. The first-order valence-corrected chi connectivity index (χ1v) is 7.67. The Morgan fingerprint density at radius 3 is 2.18 bits per heavy atom. The van der Waals surface area contributed by atoms with Crippen molar-refractivity contribution in [3.63, 3.8) is 0 Å². The van der Waals surface area contributed by atoms with Crippen LogP contribution in [0, 0.1) is 5.41 Å². The van der Waals surface area contributed by atoms with Crippen molar-refractivity contribution < 1.29 is 14.7 Å². The highest BCUT2D eigenvalue weighted by Gasteiger charge is 2.29. The van der Waals surface area contributed by atoms with Gasteiger partial charge in [0, 0.05) is 38.3 Å². The van der Waals surface area contributed by atoms with E-state index in [1.807, 2.05) is 36.9 Å². The number of carbonyl (C=O) groups excluding carboxylic acids is 1. The number of hydrogen-bond acceptors (Lipinski definition) is 3. The van der Waals surface area contributed by atoms with E-state index in [0.29, 0.717) is 13.1 Å². The van der Waals surface area contributed by atoms with E-state index in [2.05, 4.69) is 17.0 Å². The number of rotatable bonds is 5. The van der Waals surface area contributed by atoms with E-state index in [-0.39, 0.29) is 18.7 Å². The lowest BCUT2D eigenvalue weighted by atomic mass is 9.85. The van der Waals surface area contributed by atoms with Crippen LogP contribution in [0.25, 0.3) is 0 Å². The van der Waals surface area contributed by atoms with E-state index >= 15 is 0 Å². The summed E-state index contributed by atoms with van der Waals surface area (Å²) in [6, 6.07) is 10.2. The molecular formula is C17H24N2O3. The molecule has 1 saturated heterocycles. The van der Waals surface area contributed by atoms with Crippen LogP contribution >= 0.6 is 0 Å². The van der Waals surface area contributed by atoms with Crippen molar-refractivity contribution in [2.24, 2.45) is 5.41 Å². The molecule has 1 aliphatic rings. The topological polar surface area (TPSA) is 60.9 Å². The van der Waals surface area contributed by atoms with Gasteiger partial charge in [-0.3, -0.25) is 9.59 Å². The average molecular weight is 304 g/mol. The number of benzene rings is 1. The third-order valence-electron chi connectivity index (χ3n) is 4.01. The fourth-order valence-electron chi connectivity index (χ4n) is 2.85. The van der Waals surface area contributed by atoms with Gasteiger partial charge in [0.15, 0.2) is 0 Å². The van der Waals surface area contributed by atoms with Gasteiger partial charge >= 0.3 is 5.97 Å². The lowest BCUT2D eigenvalue weighted by Gasteiger charge is -2.37. The summed E-state index contributed by atoms with van der Waals surface area (Å²) in [6.07, 6.45) is 0.299. The molecule has 0 bridgehead atoms. The molecule has 0 radical (unpaired) electrons. The Morgan fingerprint density at radius 1 is 1.05 bits per heavy atom. The van der Waals surface area contributed by atoms with Gasteiger partial charge in [0.05, 0.1) is 6.42 Å². The van der Waals surface area contributed by atoms with Crippen LogP contribution in [0.4, 0.5) is 5.69 Å². The Morgan fingerprint density at radius 2 is 1.64 bits per heavy atom. The normalized spacial score (nSPS) is 15.7. The standard InChI is InChI=1S/C17H24N2O3/c1-17(2,13-16(21)22)12-15(20)19-10-8-18(9-11-19)14-6-4-3-5-7-14/h3-7H,8-13H2,1-2H3,(H,21,22). The molecule has 1 fully saturated rings. The molecule has 1 aromatic carbocycles. The van der Waals surface area contributed by atoms with Crippen molar-refractivity contribution in [2.45, 2.75) is 26.7 Å². The average Bonchev–Trinajstić information content (AvgIpc) is 2.46. The maximum atomic E-state index is 12.4. The first-order valence-electron chi connectivity index (χ1n) is 7.67. The number of anilines is 1. The maximum Gasteiger partial charge on any atom is 0.303 e. The number of piperazine rings is 1. The summed E-state index contributed by atoms with van der Waals surface area (Å²) in [4.78, 5) is 27.3.